The molecule has 4 rings (SSSR count). The van der Waals surface area contributed by atoms with E-state index in [0.717, 1.165) is 21.3 Å². The minimum atomic E-state index is -0.333. The van der Waals surface area contributed by atoms with Gasteiger partial charge in [-0.2, -0.15) is 5.10 Å². The Labute approximate surface area is 189 Å². The summed E-state index contributed by atoms with van der Waals surface area (Å²) < 4.78 is 12.3. The van der Waals surface area contributed by atoms with Gasteiger partial charge >= 0.3 is 0 Å². The number of thiazole rings is 1. The van der Waals surface area contributed by atoms with Crippen molar-refractivity contribution in [2.24, 2.45) is 5.10 Å². The van der Waals surface area contributed by atoms with Crippen molar-refractivity contribution < 1.29 is 14.3 Å². The summed E-state index contributed by atoms with van der Waals surface area (Å²) in [5, 5.41) is 4.58. The highest BCUT2D eigenvalue weighted by molar-refractivity contribution is 7.22. The van der Waals surface area contributed by atoms with Crippen LogP contribution in [0.2, 0.25) is 0 Å². The number of hydrogen-bond donors (Lipinski definition) is 2. The standard InChI is InChI=1S/C24H22N4O3S/c1-15-5-3-6-16(11-15)14-31-22-18(7-4-8-20(22)30-2)13-26-28-23(29)17-9-10-19-21(12-17)32-24(25)27-19/h3-13H,14H2,1-2H3,(H2,25,27)(H,28,29)/b26-13-. The summed E-state index contributed by atoms with van der Waals surface area (Å²) in [6, 6.07) is 18.8. The van der Waals surface area contributed by atoms with Gasteiger partial charge in [-0.3, -0.25) is 4.79 Å². The second-order valence-electron chi connectivity index (χ2n) is 7.09. The Hall–Kier alpha value is -3.91. The first-order valence-electron chi connectivity index (χ1n) is 9.88. The molecule has 3 N–H and O–H groups in total. The number of aryl methyl sites for hydroxylation is 1. The molecule has 7 nitrogen and oxygen atoms in total. The Morgan fingerprint density at radius 3 is 2.84 bits per heavy atom. The van der Waals surface area contributed by atoms with Gasteiger partial charge in [-0.25, -0.2) is 10.4 Å². The fraction of sp³-hybridized carbons (Fsp3) is 0.125. The number of methoxy groups -OCH3 is 1. The highest BCUT2D eigenvalue weighted by atomic mass is 32.1. The second-order valence-corrected chi connectivity index (χ2v) is 8.15. The fourth-order valence-corrected chi connectivity index (χ4v) is 3.99. The molecule has 0 saturated heterocycles. The maximum absolute atomic E-state index is 12.5. The molecule has 1 amide bonds. The third-order valence-corrected chi connectivity index (χ3v) is 5.58. The zero-order valence-electron chi connectivity index (χ0n) is 17.7. The molecular weight excluding hydrogens is 424 g/mol. The van der Waals surface area contributed by atoms with Gasteiger partial charge in [0.1, 0.15) is 6.61 Å². The first-order chi connectivity index (χ1) is 15.5. The van der Waals surface area contributed by atoms with Gasteiger partial charge < -0.3 is 15.2 Å². The largest absolute Gasteiger partial charge is 0.493 e. The number of anilines is 1. The van der Waals surface area contributed by atoms with Crippen molar-refractivity contribution in [2.45, 2.75) is 13.5 Å². The van der Waals surface area contributed by atoms with E-state index in [1.165, 1.54) is 17.6 Å². The quantitative estimate of drug-likeness (QED) is 0.321. The van der Waals surface area contributed by atoms with Crippen molar-refractivity contribution in [2.75, 3.05) is 12.8 Å². The lowest BCUT2D eigenvalue weighted by molar-refractivity contribution is 0.0955. The summed E-state index contributed by atoms with van der Waals surface area (Å²) in [5.74, 6) is 0.803. The molecule has 0 aliphatic heterocycles. The first kappa shape index (κ1) is 21.3. The predicted octanol–water partition coefficient (Wildman–Crippen LogP) is 4.54. The van der Waals surface area contributed by atoms with Gasteiger partial charge in [0.2, 0.25) is 0 Å². The number of fused-ring (bicyclic) bond motifs is 1. The SMILES string of the molecule is COc1cccc(/C=N\NC(=O)c2ccc3nc(N)sc3c2)c1OCc1cccc(C)c1. The number of nitrogens with two attached hydrogens (primary N) is 1. The monoisotopic (exact) mass is 446 g/mol. The van der Waals surface area contributed by atoms with E-state index < -0.39 is 0 Å². The van der Waals surface area contributed by atoms with Crippen molar-refractivity contribution in [3.8, 4) is 11.5 Å². The van der Waals surface area contributed by atoms with E-state index in [1.54, 1.807) is 25.3 Å². The first-order valence-corrected chi connectivity index (χ1v) is 10.7. The summed E-state index contributed by atoms with van der Waals surface area (Å²) in [5.41, 5.74) is 12.4. The van der Waals surface area contributed by atoms with Crippen LogP contribution in [0.3, 0.4) is 0 Å². The summed E-state index contributed by atoms with van der Waals surface area (Å²) >= 11 is 1.33. The second kappa shape index (κ2) is 9.49. The van der Waals surface area contributed by atoms with Gasteiger partial charge in [0, 0.05) is 11.1 Å². The van der Waals surface area contributed by atoms with Gasteiger partial charge in [-0.1, -0.05) is 47.2 Å². The van der Waals surface area contributed by atoms with Gasteiger partial charge in [-0.05, 0) is 42.8 Å². The van der Waals surface area contributed by atoms with Gasteiger partial charge in [-0.15, -0.1) is 0 Å². The maximum atomic E-state index is 12.5. The van der Waals surface area contributed by atoms with Crippen LogP contribution in [-0.2, 0) is 6.61 Å². The number of aromatic nitrogens is 1. The molecule has 0 bridgehead atoms. The molecule has 0 radical (unpaired) electrons. The van der Waals surface area contributed by atoms with Crippen LogP contribution in [0, 0.1) is 6.92 Å². The van der Waals surface area contributed by atoms with E-state index in [9.17, 15) is 4.79 Å². The third kappa shape index (κ3) is 4.87. The lowest BCUT2D eigenvalue weighted by Crippen LogP contribution is -2.17. The molecule has 3 aromatic carbocycles. The number of ether oxygens (including phenoxy) is 2. The van der Waals surface area contributed by atoms with E-state index in [4.69, 9.17) is 15.2 Å². The molecular formula is C24H22N4O3S. The number of hydrogen-bond acceptors (Lipinski definition) is 7. The van der Waals surface area contributed by atoms with Crippen LogP contribution in [0.1, 0.15) is 27.0 Å². The van der Waals surface area contributed by atoms with Crippen LogP contribution in [0.4, 0.5) is 5.13 Å². The fourth-order valence-electron chi connectivity index (χ4n) is 3.22. The van der Waals surface area contributed by atoms with Crippen LogP contribution >= 0.6 is 11.3 Å². The van der Waals surface area contributed by atoms with E-state index in [1.807, 2.05) is 43.3 Å². The number of carbonyl (C=O) groups is 1. The lowest BCUT2D eigenvalue weighted by Gasteiger charge is -2.13. The van der Waals surface area contributed by atoms with Crippen molar-refractivity contribution in [1.82, 2.24) is 10.4 Å². The smallest absolute Gasteiger partial charge is 0.271 e. The zero-order chi connectivity index (χ0) is 22.5. The van der Waals surface area contributed by atoms with Crippen LogP contribution in [0.25, 0.3) is 10.2 Å². The number of hydrazone groups is 1. The number of amides is 1. The summed E-state index contributed by atoms with van der Waals surface area (Å²) in [4.78, 5) is 16.7. The highest BCUT2D eigenvalue weighted by Gasteiger charge is 2.11. The molecule has 8 heteroatoms. The number of nitrogens with one attached hydrogen (secondary N) is 1. The zero-order valence-corrected chi connectivity index (χ0v) is 18.5. The number of rotatable bonds is 7. The van der Waals surface area contributed by atoms with E-state index in [-0.39, 0.29) is 5.91 Å². The van der Waals surface area contributed by atoms with Crippen LogP contribution in [0.5, 0.6) is 11.5 Å². The van der Waals surface area contributed by atoms with Crippen LogP contribution < -0.4 is 20.6 Å². The molecule has 0 fully saturated rings. The minimum Gasteiger partial charge on any atom is -0.493 e. The van der Waals surface area contributed by atoms with Crippen molar-refractivity contribution in [1.29, 1.82) is 0 Å². The van der Waals surface area contributed by atoms with E-state index in [2.05, 4.69) is 21.6 Å². The van der Waals surface area contributed by atoms with Crippen molar-refractivity contribution >= 4 is 38.8 Å². The number of benzene rings is 3. The Balaban J connectivity index is 1.49. The Morgan fingerprint density at radius 1 is 1.19 bits per heavy atom. The van der Waals surface area contributed by atoms with Gasteiger partial charge in [0.15, 0.2) is 16.6 Å². The maximum Gasteiger partial charge on any atom is 0.271 e. The Morgan fingerprint density at radius 2 is 2.03 bits per heavy atom. The molecule has 0 unspecified atom stereocenters. The van der Waals surface area contributed by atoms with Crippen molar-refractivity contribution in [3.05, 3.63) is 82.9 Å². The topological polar surface area (TPSA) is 98.8 Å². The Kier molecular flexibility index (Phi) is 6.32. The molecule has 162 valence electrons. The lowest BCUT2D eigenvalue weighted by atomic mass is 10.1. The molecule has 0 atom stereocenters. The Bertz CT molecular complexity index is 1300. The van der Waals surface area contributed by atoms with Crippen LogP contribution in [0.15, 0.2) is 65.8 Å². The molecule has 4 aromatic rings. The van der Waals surface area contributed by atoms with Crippen molar-refractivity contribution in [3.63, 3.8) is 0 Å². The predicted molar refractivity (Wildman–Crippen MR) is 128 cm³/mol. The number of para-hydroxylation sites is 1. The third-order valence-electron chi connectivity index (χ3n) is 4.73. The molecule has 1 aromatic heterocycles. The number of nitrogens with zero attached hydrogens (tertiary/aromatic N) is 2. The highest BCUT2D eigenvalue weighted by Crippen LogP contribution is 2.31. The minimum absolute atomic E-state index is 0.333. The van der Waals surface area contributed by atoms with Gasteiger partial charge in [0.25, 0.3) is 5.91 Å². The van der Waals surface area contributed by atoms with E-state index in [0.29, 0.717) is 34.4 Å². The summed E-state index contributed by atoms with van der Waals surface area (Å²) in [6.07, 6.45) is 1.54. The number of nitrogen functional groups attached to an aromatic ring is 1. The van der Waals surface area contributed by atoms with Crippen LogP contribution in [-0.4, -0.2) is 24.2 Å². The molecule has 1 heterocycles. The average Bonchev–Trinajstić information content (AvgIpc) is 3.17. The summed E-state index contributed by atoms with van der Waals surface area (Å²) in [7, 11) is 1.58. The number of carbonyl (C=O) groups excluding carboxylic acids is 1. The normalized spacial score (nSPS) is 11.1. The average molecular weight is 447 g/mol. The summed E-state index contributed by atoms with van der Waals surface area (Å²) in [6.45, 7) is 2.42. The molecule has 0 aliphatic carbocycles. The van der Waals surface area contributed by atoms with E-state index >= 15 is 0 Å². The molecule has 0 aliphatic rings. The molecule has 0 saturated carbocycles. The molecule has 32 heavy (non-hydrogen) atoms. The molecule has 0 spiro atoms. The van der Waals surface area contributed by atoms with Gasteiger partial charge in [0.05, 0.1) is 23.5 Å².